The van der Waals surface area contributed by atoms with Crippen LogP contribution in [0.25, 0.3) is 0 Å². The molecule has 0 aliphatic carbocycles. The van der Waals surface area contributed by atoms with E-state index in [0.717, 1.165) is 0 Å². The van der Waals surface area contributed by atoms with Gasteiger partial charge in [-0.25, -0.2) is 13.8 Å². The van der Waals surface area contributed by atoms with Crippen LogP contribution in [0.15, 0.2) is 6.20 Å². The molecule has 0 amide bonds. The molecule has 1 heterocycles. The molecule has 0 bridgehead atoms. The van der Waals surface area contributed by atoms with Crippen LogP contribution in [0, 0.1) is 0 Å². The van der Waals surface area contributed by atoms with Crippen molar-refractivity contribution >= 4 is 21.5 Å². The molecule has 0 fully saturated rings. The molecular formula is C7H11F2N3S. The number of nitrogens with two attached hydrogens (primary N) is 1. The molecule has 0 spiro atoms. The van der Waals surface area contributed by atoms with Crippen LogP contribution in [0.1, 0.15) is 13.3 Å². The van der Waals surface area contributed by atoms with E-state index in [1.165, 1.54) is 17.5 Å². The molecule has 0 aromatic carbocycles. The Balaban J connectivity index is 2.40. The number of hydrogen-bond donors (Lipinski definition) is 2. The molecule has 0 saturated heterocycles. The van der Waals surface area contributed by atoms with Gasteiger partial charge in [0.1, 0.15) is 5.00 Å². The minimum atomic E-state index is -2.29. The molecule has 6 heteroatoms. The van der Waals surface area contributed by atoms with Gasteiger partial charge in [0.2, 0.25) is 6.43 Å². The molecule has 1 unspecified atom stereocenters. The van der Waals surface area contributed by atoms with Crippen molar-refractivity contribution in [2.24, 2.45) is 0 Å². The maximum atomic E-state index is 11.9. The second-order valence-corrected chi connectivity index (χ2v) is 3.80. The monoisotopic (exact) mass is 207 g/mol. The third kappa shape index (κ3) is 3.54. The minimum absolute atomic E-state index is 0.181. The number of aromatic nitrogens is 1. The zero-order valence-electron chi connectivity index (χ0n) is 7.13. The minimum Gasteiger partial charge on any atom is -0.389 e. The molecule has 1 aromatic heterocycles. The lowest BCUT2D eigenvalue weighted by atomic mass is 10.2. The van der Waals surface area contributed by atoms with Crippen LogP contribution in [0.3, 0.4) is 0 Å². The quantitative estimate of drug-likeness (QED) is 0.795. The van der Waals surface area contributed by atoms with Gasteiger partial charge in [-0.2, -0.15) is 0 Å². The third-order valence-corrected chi connectivity index (χ3v) is 2.18. The van der Waals surface area contributed by atoms with Gasteiger partial charge < -0.3 is 11.1 Å². The molecule has 1 aromatic rings. The van der Waals surface area contributed by atoms with Gasteiger partial charge >= 0.3 is 0 Å². The highest BCUT2D eigenvalue weighted by Gasteiger charge is 2.11. The van der Waals surface area contributed by atoms with E-state index in [2.05, 4.69) is 10.3 Å². The van der Waals surface area contributed by atoms with Crippen LogP contribution in [-0.4, -0.2) is 17.5 Å². The fraction of sp³-hybridized carbons (Fsp3) is 0.571. The van der Waals surface area contributed by atoms with Crippen molar-refractivity contribution in [3.8, 4) is 0 Å². The van der Waals surface area contributed by atoms with Crippen molar-refractivity contribution < 1.29 is 8.78 Å². The molecule has 13 heavy (non-hydrogen) atoms. The standard InChI is InChI=1S/C7H11F2N3S/c1-4(2-5(8)9)12-7-11-3-6(10)13-7/h3-5H,2,10H2,1H3,(H,11,12). The fourth-order valence-electron chi connectivity index (χ4n) is 0.890. The Morgan fingerprint density at radius 1 is 1.69 bits per heavy atom. The van der Waals surface area contributed by atoms with Gasteiger partial charge in [-0.1, -0.05) is 11.3 Å². The highest BCUT2D eigenvalue weighted by Crippen LogP contribution is 2.21. The predicted octanol–water partition coefficient (Wildman–Crippen LogP) is 2.18. The lowest BCUT2D eigenvalue weighted by Crippen LogP contribution is -2.18. The Hall–Kier alpha value is -0.910. The zero-order valence-corrected chi connectivity index (χ0v) is 7.94. The molecular weight excluding hydrogens is 196 g/mol. The molecule has 3 N–H and O–H groups in total. The fourth-order valence-corrected chi connectivity index (χ4v) is 1.58. The lowest BCUT2D eigenvalue weighted by Gasteiger charge is -2.11. The van der Waals surface area contributed by atoms with Gasteiger partial charge in [-0.05, 0) is 6.92 Å². The van der Waals surface area contributed by atoms with Crippen LogP contribution < -0.4 is 11.1 Å². The Morgan fingerprint density at radius 3 is 2.85 bits per heavy atom. The second-order valence-electron chi connectivity index (χ2n) is 2.74. The summed E-state index contributed by atoms with van der Waals surface area (Å²) in [6.45, 7) is 1.68. The highest BCUT2D eigenvalue weighted by atomic mass is 32.1. The third-order valence-electron chi connectivity index (χ3n) is 1.43. The smallest absolute Gasteiger partial charge is 0.240 e. The van der Waals surface area contributed by atoms with E-state index < -0.39 is 6.43 Å². The Morgan fingerprint density at radius 2 is 2.38 bits per heavy atom. The summed E-state index contributed by atoms with van der Waals surface area (Å²) >= 11 is 1.25. The molecule has 74 valence electrons. The van der Waals surface area contributed by atoms with Gasteiger partial charge in [0.15, 0.2) is 5.13 Å². The van der Waals surface area contributed by atoms with Crippen LogP contribution in [0.5, 0.6) is 0 Å². The van der Waals surface area contributed by atoms with Crippen molar-refractivity contribution in [3.05, 3.63) is 6.20 Å². The van der Waals surface area contributed by atoms with Crippen molar-refractivity contribution in [1.82, 2.24) is 4.98 Å². The number of alkyl halides is 2. The van der Waals surface area contributed by atoms with E-state index in [1.54, 1.807) is 6.92 Å². The molecule has 0 radical (unpaired) electrons. The van der Waals surface area contributed by atoms with E-state index in [9.17, 15) is 8.78 Å². The average Bonchev–Trinajstić information content (AvgIpc) is 2.33. The maximum Gasteiger partial charge on any atom is 0.240 e. The summed E-state index contributed by atoms with van der Waals surface area (Å²) in [4.78, 5) is 3.90. The van der Waals surface area contributed by atoms with Gasteiger partial charge in [0.25, 0.3) is 0 Å². The number of nitrogens with one attached hydrogen (secondary N) is 1. The Labute approximate surface area is 79.0 Å². The van der Waals surface area contributed by atoms with Crippen molar-refractivity contribution in [1.29, 1.82) is 0 Å². The lowest BCUT2D eigenvalue weighted by molar-refractivity contribution is 0.133. The van der Waals surface area contributed by atoms with Gasteiger partial charge in [-0.3, -0.25) is 0 Å². The number of nitrogen functional groups attached to an aromatic ring is 1. The Bertz CT molecular complexity index is 264. The summed E-state index contributed by atoms with van der Waals surface area (Å²) in [7, 11) is 0. The molecule has 0 saturated carbocycles. The van der Waals surface area contributed by atoms with E-state index >= 15 is 0 Å². The molecule has 1 rings (SSSR count). The first-order valence-corrected chi connectivity index (χ1v) is 4.65. The average molecular weight is 207 g/mol. The van der Waals surface area contributed by atoms with Crippen LogP contribution in [0.2, 0.25) is 0 Å². The predicted molar refractivity (Wildman–Crippen MR) is 50.2 cm³/mol. The van der Waals surface area contributed by atoms with Crippen molar-refractivity contribution in [2.45, 2.75) is 25.8 Å². The largest absolute Gasteiger partial charge is 0.389 e. The molecule has 0 aliphatic heterocycles. The van der Waals surface area contributed by atoms with Crippen molar-refractivity contribution in [3.63, 3.8) is 0 Å². The summed E-state index contributed by atoms with van der Waals surface area (Å²) in [5, 5.41) is 4.01. The second kappa shape index (κ2) is 4.36. The van der Waals surface area contributed by atoms with Crippen LogP contribution >= 0.6 is 11.3 Å². The topological polar surface area (TPSA) is 50.9 Å². The molecule has 1 atom stereocenters. The maximum absolute atomic E-state index is 11.9. The van der Waals surface area contributed by atoms with Gasteiger partial charge in [0, 0.05) is 12.5 Å². The Kier molecular flexibility index (Phi) is 3.41. The number of thiazole rings is 1. The normalized spacial score (nSPS) is 13.2. The first kappa shape index (κ1) is 10.2. The van der Waals surface area contributed by atoms with E-state index in [4.69, 9.17) is 5.73 Å². The zero-order chi connectivity index (χ0) is 9.84. The van der Waals surface area contributed by atoms with E-state index in [0.29, 0.717) is 10.1 Å². The molecule has 3 nitrogen and oxygen atoms in total. The summed E-state index contributed by atoms with van der Waals surface area (Å²) in [6.07, 6.45) is -0.971. The van der Waals surface area contributed by atoms with Crippen molar-refractivity contribution in [2.75, 3.05) is 11.1 Å². The summed E-state index contributed by atoms with van der Waals surface area (Å²) in [6, 6.07) is -0.287. The number of anilines is 2. The highest BCUT2D eigenvalue weighted by molar-refractivity contribution is 7.19. The number of nitrogens with zero attached hydrogens (tertiary/aromatic N) is 1. The van der Waals surface area contributed by atoms with Gasteiger partial charge in [-0.15, -0.1) is 0 Å². The number of hydrogen-bond acceptors (Lipinski definition) is 4. The SMILES string of the molecule is CC(CC(F)F)Nc1ncc(N)s1. The number of rotatable bonds is 4. The summed E-state index contributed by atoms with van der Waals surface area (Å²) in [5.74, 6) is 0. The first-order chi connectivity index (χ1) is 6.08. The number of halogens is 2. The summed E-state index contributed by atoms with van der Waals surface area (Å²) in [5.41, 5.74) is 5.42. The van der Waals surface area contributed by atoms with E-state index in [1.807, 2.05) is 0 Å². The summed E-state index contributed by atoms with van der Waals surface area (Å²) < 4.78 is 23.8. The first-order valence-electron chi connectivity index (χ1n) is 3.84. The van der Waals surface area contributed by atoms with Gasteiger partial charge in [0.05, 0.1) is 6.20 Å². The van der Waals surface area contributed by atoms with Crippen LogP contribution in [0.4, 0.5) is 18.9 Å². The van der Waals surface area contributed by atoms with Crippen LogP contribution in [-0.2, 0) is 0 Å². The van der Waals surface area contributed by atoms with E-state index in [-0.39, 0.29) is 12.5 Å². The molecule has 0 aliphatic rings.